The number of hydrogen-bond acceptors (Lipinski definition) is 5. The lowest BCUT2D eigenvalue weighted by molar-refractivity contribution is -0.146. The van der Waals surface area contributed by atoms with Crippen molar-refractivity contribution in [2.24, 2.45) is 5.92 Å². The molecule has 0 amide bonds. The molecule has 2 aromatic carbocycles. The highest BCUT2D eigenvalue weighted by molar-refractivity contribution is 7.52. The summed E-state index contributed by atoms with van der Waals surface area (Å²) in [5, 5.41) is 2.70. The van der Waals surface area contributed by atoms with E-state index in [1.165, 1.54) is 0 Å². The Morgan fingerprint density at radius 2 is 1.52 bits per heavy atom. The van der Waals surface area contributed by atoms with E-state index in [4.69, 9.17) is 13.8 Å². The minimum atomic E-state index is -3.90. The van der Waals surface area contributed by atoms with Crippen molar-refractivity contribution in [3.8, 4) is 11.5 Å². The van der Waals surface area contributed by atoms with Gasteiger partial charge in [-0.25, -0.2) is 4.57 Å². The first-order valence-corrected chi connectivity index (χ1v) is 11.4. The van der Waals surface area contributed by atoms with Crippen LogP contribution < -0.4 is 14.1 Å². The molecule has 2 rings (SSSR count). The number of rotatable bonds is 11. The summed E-state index contributed by atoms with van der Waals surface area (Å²) in [4.78, 5) is 12.4. The standard InChI is InChI=1S/C22H30NO5P/c1-5-19(6-2)16-26-22(24)18(4)23-29(25,27-20-10-8-7-9-11-20)28-21-14-12-17(3)13-15-21/h7-15,18-19H,5-6,16H2,1-4H3,(H,23,25)/t18-,29?/m0/s1. The molecule has 0 bridgehead atoms. The Morgan fingerprint density at radius 3 is 2.07 bits per heavy atom. The second kappa shape index (κ2) is 11.0. The molecule has 7 heteroatoms. The number of carbonyl (C=O) groups excluding carboxylic acids is 1. The predicted octanol–water partition coefficient (Wildman–Crippen LogP) is 5.52. The molecule has 0 fully saturated rings. The highest BCUT2D eigenvalue weighted by atomic mass is 31.2. The fraction of sp³-hybridized carbons (Fsp3) is 0.409. The van der Waals surface area contributed by atoms with E-state index in [1.807, 2.05) is 25.1 Å². The maximum atomic E-state index is 13.4. The van der Waals surface area contributed by atoms with E-state index in [0.29, 0.717) is 24.0 Å². The van der Waals surface area contributed by atoms with Crippen LogP contribution in [0.2, 0.25) is 0 Å². The van der Waals surface area contributed by atoms with Gasteiger partial charge in [0, 0.05) is 0 Å². The van der Waals surface area contributed by atoms with Gasteiger partial charge in [-0.15, -0.1) is 0 Å². The first kappa shape index (κ1) is 23.0. The molecule has 2 aromatic rings. The first-order chi connectivity index (χ1) is 13.8. The van der Waals surface area contributed by atoms with E-state index in [9.17, 15) is 9.36 Å². The molecular weight excluding hydrogens is 389 g/mol. The van der Waals surface area contributed by atoms with Crippen LogP contribution in [0.1, 0.15) is 39.2 Å². The summed E-state index contributed by atoms with van der Waals surface area (Å²) in [5.74, 6) is 0.552. The third kappa shape index (κ3) is 7.56. The molecule has 0 aliphatic heterocycles. The molecule has 0 spiro atoms. The Morgan fingerprint density at radius 1 is 0.966 bits per heavy atom. The maximum absolute atomic E-state index is 13.4. The van der Waals surface area contributed by atoms with Crippen LogP contribution in [0.3, 0.4) is 0 Å². The number of benzene rings is 2. The van der Waals surface area contributed by atoms with Gasteiger partial charge in [0.25, 0.3) is 0 Å². The Labute approximate surface area is 173 Å². The van der Waals surface area contributed by atoms with Crippen molar-refractivity contribution >= 4 is 13.7 Å². The van der Waals surface area contributed by atoms with E-state index in [0.717, 1.165) is 18.4 Å². The zero-order chi connectivity index (χ0) is 21.3. The van der Waals surface area contributed by atoms with Crippen LogP contribution >= 0.6 is 7.75 Å². The number of ether oxygens (including phenoxy) is 1. The second-order valence-electron chi connectivity index (χ2n) is 6.97. The van der Waals surface area contributed by atoms with Gasteiger partial charge >= 0.3 is 13.7 Å². The third-order valence-corrected chi connectivity index (χ3v) is 6.14. The molecule has 0 saturated carbocycles. The minimum Gasteiger partial charge on any atom is -0.464 e. The lowest BCUT2D eigenvalue weighted by atomic mass is 10.1. The van der Waals surface area contributed by atoms with E-state index >= 15 is 0 Å². The van der Waals surface area contributed by atoms with Crippen molar-refractivity contribution in [3.05, 3.63) is 60.2 Å². The summed E-state index contributed by atoms with van der Waals surface area (Å²) in [7, 11) is -3.90. The molecule has 0 aromatic heterocycles. The number of aryl methyl sites for hydroxylation is 1. The molecule has 0 radical (unpaired) electrons. The molecule has 6 nitrogen and oxygen atoms in total. The summed E-state index contributed by atoms with van der Waals surface area (Å²) in [6, 6.07) is 14.9. The van der Waals surface area contributed by atoms with Crippen molar-refractivity contribution in [3.63, 3.8) is 0 Å². The highest BCUT2D eigenvalue weighted by Gasteiger charge is 2.34. The first-order valence-electron chi connectivity index (χ1n) is 9.90. The fourth-order valence-electron chi connectivity index (χ4n) is 2.57. The smallest absolute Gasteiger partial charge is 0.464 e. The molecule has 0 saturated heterocycles. The Bertz CT molecular complexity index is 806. The third-order valence-electron chi connectivity index (χ3n) is 4.54. The number of para-hydroxylation sites is 1. The monoisotopic (exact) mass is 419 g/mol. The van der Waals surface area contributed by atoms with Crippen LogP contribution in [0.15, 0.2) is 54.6 Å². The number of carbonyl (C=O) groups is 1. The summed E-state index contributed by atoms with van der Waals surface area (Å²) in [6.07, 6.45) is 1.86. The van der Waals surface area contributed by atoms with Crippen molar-refractivity contribution < 1.29 is 23.1 Å². The fourth-order valence-corrected chi connectivity index (χ4v) is 4.09. The van der Waals surface area contributed by atoms with Gasteiger partial charge in [-0.2, -0.15) is 5.09 Å². The van der Waals surface area contributed by atoms with Crippen LogP contribution in [-0.4, -0.2) is 18.6 Å². The van der Waals surface area contributed by atoms with Gasteiger partial charge in [-0.1, -0.05) is 62.6 Å². The van der Waals surface area contributed by atoms with Crippen molar-refractivity contribution in [2.45, 2.75) is 46.6 Å². The van der Waals surface area contributed by atoms with E-state index in [2.05, 4.69) is 18.9 Å². The zero-order valence-corrected chi connectivity index (χ0v) is 18.4. The summed E-state index contributed by atoms with van der Waals surface area (Å²) >= 11 is 0. The molecule has 0 aliphatic carbocycles. The van der Waals surface area contributed by atoms with E-state index < -0.39 is 19.8 Å². The molecule has 29 heavy (non-hydrogen) atoms. The molecular formula is C22H30NO5P. The van der Waals surface area contributed by atoms with Crippen LogP contribution in [0.4, 0.5) is 0 Å². The lowest BCUT2D eigenvalue weighted by Crippen LogP contribution is -2.36. The topological polar surface area (TPSA) is 73.9 Å². The van der Waals surface area contributed by atoms with Gasteiger partial charge in [-0.3, -0.25) is 4.79 Å². The van der Waals surface area contributed by atoms with Gasteiger partial charge in [0.1, 0.15) is 17.5 Å². The number of nitrogens with one attached hydrogen (secondary N) is 1. The average Bonchev–Trinajstić information content (AvgIpc) is 2.70. The quantitative estimate of drug-likeness (QED) is 0.382. The van der Waals surface area contributed by atoms with Crippen molar-refractivity contribution in [2.75, 3.05) is 6.61 Å². The Balaban J connectivity index is 2.12. The molecule has 1 N–H and O–H groups in total. The summed E-state index contributed by atoms with van der Waals surface area (Å²) in [5.41, 5.74) is 1.04. The van der Waals surface area contributed by atoms with Crippen LogP contribution in [0, 0.1) is 12.8 Å². The normalized spacial score (nSPS) is 14.1. The Hall–Kier alpha value is -2.30. The van der Waals surface area contributed by atoms with Gasteiger partial charge in [-0.05, 0) is 44.0 Å². The second-order valence-corrected chi connectivity index (χ2v) is 8.59. The SMILES string of the molecule is CCC(CC)COC(=O)[C@H](C)NP(=O)(Oc1ccccc1)Oc1ccc(C)cc1. The highest BCUT2D eigenvalue weighted by Crippen LogP contribution is 2.45. The van der Waals surface area contributed by atoms with Crippen LogP contribution in [-0.2, 0) is 14.1 Å². The lowest BCUT2D eigenvalue weighted by Gasteiger charge is -2.23. The zero-order valence-electron chi connectivity index (χ0n) is 17.5. The maximum Gasteiger partial charge on any atom is 0.513 e. The predicted molar refractivity (Wildman–Crippen MR) is 114 cm³/mol. The van der Waals surface area contributed by atoms with Crippen molar-refractivity contribution in [1.29, 1.82) is 0 Å². The average molecular weight is 419 g/mol. The van der Waals surface area contributed by atoms with E-state index in [-0.39, 0.29) is 0 Å². The molecule has 1 unspecified atom stereocenters. The summed E-state index contributed by atoms with van der Waals surface area (Å²) in [6.45, 7) is 7.97. The summed E-state index contributed by atoms with van der Waals surface area (Å²) < 4.78 is 30.1. The number of hydrogen-bond donors (Lipinski definition) is 1. The molecule has 0 heterocycles. The minimum absolute atomic E-state index is 0.308. The van der Waals surface area contributed by atoms with E-state index in [1.54, 1.807) is 43.3 Å². The molecule has 2 atom stereocenters. The molecule has 158 valence electrons. The largest absolute Gasteiger partial charge is 0.513 e. The van der Waals surface area contributed by atoms with Gasteiger partial charge in [0.05, 0.1) is 6.61 Å². The Kier molecular flexibility index (Phi) is 8.74. The van der Waals surface area contributed by atoms with Crippen LogP contribution in [0.25, 0.3) is 0 Å². The number of esters is 1. The van der Waals surface area contributed by atoms with Gasteiger partial charge in [0.15, 0.2) is 0 Å². The molecule has 0 aliphatic rings. The van der Waals surface area contributed by atoms with Gasteiger partial charge in [0.2, 0.25) is 0 Å². The van der Waals surface area contributed by atoms with Crippen molar-refractivity contribution in [1.82, 2.24) is 5.09 Å². The van der Waals surface area contributed by atoms with Gasteiger partial charge < -0.3 is 13.8 Å². The van der Waals surface area contributed by atoms with Crippen LogP contribution in [0.5, 0.6) is 11.5 Å².